The first-order chi connectivity index (χ1) is 9.66. The molecule has 0 spiro atoms. The van der Waals surface area contributed by atoms with Gasteiger partial charge in [-0.3, -0.25) is 14.6 Å². The van der Waals surface area contributed by atoms with E-state index in [0.29, 0.717) is 9.79 Å². The summed E-state index contributed by atoms with van der Waals surface area (Å²) in [4.78, 5) is 4.01. The monoisotopic (exact) mass is 366 g/mol. The zero-order chi connectivity index (χ0) is 14.1. The molecule has 0 radical (unpaired) electrons. The quantitative estimate of drug-likeness (QED) is 0.683. The standard InChI is InChI=1S/C13H8BrClN4S/c14-10-2-1-9(7-11(10)15)19-12(17-18-13(19)20)8-3-5-16-6-4-8/h1-7H,(H,18,20). The van der Waals surface area contributed by atoms with Crippen molar-refractivity contribution in [2.75, 3.05) is 0 Å². The van der Waals surface area contributed by atoms with Crippen molar-refractivity contribution in [3.8, 4) is 17.1 Å². The minimum Gasteiger partial charge on any atom is -0.268 e. The Labute approximate surface area is 133 Å². The van der Waals surface area contributed by atoms with Gasteiger partial charge in [0, 0.05) is 22.4 Å². The highest BCUT2D eigenvalue weighted by molar-refractivity contribution is 9.10. The lowest BCUT2D eigenvalue weighted by Gasteiger charge is -2.08. The van der Waals surface area contributed by atoms with E-state index in [2.05, 4.69) is 31.1 Å². The number of hydrogen-bond acceptors (Lipinski definition) is 3. The second-order valence-electron chi connectivity index (χ2n) is 4.02. The number of aromatic nitrogens is 4. The van der Waals surface area contributed by atoms with E-state index in [1.807, 2.05) is 34.9 Å². The Morgan fingerprint density at radius 3 is 2.65 bits per heavy atom. The molecule has 3 rings (SSSR count). The van der Waals surface area contributed by atoms with Crippen molar-refractivity contribution in [2.24, 2.45) is 0 Å². The molecule has 0 bridgehead atoms. The van der Waals surface area contributed by atoms with E-state index >= 15 is 0 Å². The maximum Gasteiger partial charge on any atom is 0.200 e. The van der Waals surface area contributed by atoms with Crippen LogP contribution < -0.4 is 0 Å². The van der Waals surface area contributed by atoms with E-state index in [1.54, 1.807) is 12.4 Å². The second kappa shape index (κ2) is 5.47. The van der Waals surface area contributed by atoms with Gasteiger partial charge in [-0.25, -0.2) is 0 Å². The molecule has 2 aromatic heterocycles. The van der Waals surface area contributed by atoms with Gasteiger partial charge in [-0.1, -0.05) is 11.6 Å². The van der Waals surface area contributed by atoms with Gasteiger partial charge in [0.15, 0.2) is 10.6 Å². The van der Waals surface area contributed by atoms with Gasteiger partial charge >= 0.3 is 0 Å². The number of aromatic amines is 1. The van der Waals surface area contributed by atoms with E-state index in [4.69, 9.17) is 23.8 Å². The number of halogens is 2. The Bertz CT molecular complexity index is 813. The van der Waals surface area contributed by atoms with Gasteiger partial charge in [-0.15, -0.1) is 0 Å². The van der Waals surface area contributed by atoms with Crippen molar-refractivity contribution in [2.45, 2.75) is 0 Å². The molecule has 0 aliphatic rings. The number of H-pyrrole nitrogens is 1. The highest BCUT2D eigenvalue weighted by Crippen LogP contribution is 2.27. The lowest BCUT2D eigenvalue weighted by Crippen LogP contribution is -1.98. The number of benzene rings is 1. The largest absolute Gasteiger partial charge is 0.268 e. The average molecular weight is 368 g/mol. The molecule has 0 amide bonds. The van der Waals surface area contributed by atoms with Gasteiger partial charge in [0.05, 0.1) is 10.7 Å². The number of pyridine rings is 1. The van der Waals surface area contributed by atoms with Gasteiger partial charge in [0.2, 0.25) is 0 Å². The SMILES string of the molecule is S=c1[nH]nc(-c2ccncc2)n1-c1ccc(Br)c(Cl)c1. The molecule has 4 nitrogen and oxygen atoms in total. The third-order valence-corrected chi connectivity index (χ3v) is 4.28. The minimum absolute atomic E-state index is 0.509. The molecule has 0 atom stereocenters. The Kier molecular flexibility index (Phi) is 3.69. The number of nitrogens with zero attached hydrogens (tertiary/aromatic N) is 3. The third kappa shape index (κ3) is 2.42. The Morgan fingerprint density at radius 1 is 1.20 bits per heavy atom. The van der Waals surface area contributed by atoms with E-state index in [9.17, 15) is 0 Å². The summed E-state index contributed by atoms with van der Waals surface area (Å²) in [6.45, 7) is 0. The molecular weight excluding hydrogens is 360 g/mol. The van der Waals surface area contributed by atoms with E-state index in [0.717, 1.165) is 21.5 Å². The van der Waals surface area contributed by atoms with Gasteiger partial charge in [0.1, 0.15) is 0 Å². The molecule has 0 unspecified atom stereocenters. The Morgan fingerprint density at radius 2 is 1.95 bits per heavy atom. The molecule has 7 heteroatoms. The molecule has 20 heavy (non-hydrogen) atoms. The molecule has 0 saturated heterocycles. The fourth-order valence-electron chi connectivity index (χ4n) is 1.86. The van der Waals surface area contributed by atoms with Gasteiger partial charge < -0.3 is 0 Å². The van der Waals surface area contributed by atoms with E-state index < -0.39 is 0 Å². The molecule has 2 heterocycles. The predicted octanol–water partition coefficient (Wildman–Crippen LogP) is 4.41. The van der Waals surface area contributed by atoms with Crippen LogP contribution in [0.2, 0.25) is 5.02 Å². The van der Waals surface area contributed by atoms with Crippen LogP contribution in [0.1, 0.15) is 0 Å². The van der Waals surface area contributed by atoms with Crippen LogP contribution in [0.3, 0.4) is 0 Å². The van der Waals surface area contributed by atoms with Crippen LogP contribution >= 0.6 is 39.7 Å². The first kappa shape index (κ1) is 13.5. The zero-order valence-corrected chi connectivity index (χ0v) is 13.2. The molecule has 0 saturated carbocycles. The van der Waals surface area contributed by atoms with Crippen molar-refractivity contribution in [3.05, 3.63) is 57.0 Å². The zero-order valence-electron chi connectivity index (χ0n) is 10.0. The van der Waals surface area contributed by atoms with Crippen LogP contribution in [0.4, 0.5) is 0 Å². The molecule has 1 aromatic carbocycles. The summed E-state index contributed by atoms with van der Waals surface area (Å²) in [7, 11) is 0. The first-order valence-corrected chi connectivity index (χ1v) is 7.28. The van der Waals surface area contributed by atoms with E-state index in [-0.39, 0.29) is 0 Å². The maximum absolute atomic E-state index is 6.15. The molecule has 0 aliphatic heterocycles. The number of hydrogen-bond donors (Lipinski definition) is 1. The predicted molar refractivity (Wildman–Crippen MR) is 84.7 cm³/mol. The molecular formula is C13H8BrClN4S. The summed E-state index contributed by atoms with van der Waals surface area (Å²) in [6.07, 6.45) is 3.43. The normalized spacial score (nSPS) is 10.7. The van der Waals surface area contributed by atoms with Crippen LogP contribution in [0.25, 0.3) is 17.1 Å². The summed E-state index contributed by atoms with van der Waals surface area (Å²) in [5, 5.41) is 7.70. The smallest absolute Gasteiger partial charge is 0.200 e. The Balaban J connectivity index is 2.22. The summed E-state index contributed by atoms with van der Waals surface area (Å²) < 4.78 is 3.18. The van der Waals surface area contributed by atoms with E-state index in [1.165, 1.54) is 0 Å². The lowest BCUT2D eigenvalue weighted by atomic mass is 10.2. The second-order valence-corrected chi connectivity index (χ2v) is 5.67. The molecule has 100 valence electrons. The van der Waals surface area contributed by atoms with Crippen molar-refractivity contribution < 1.29 is 0 Å². The molecule has 0 fully saturated rings. The van der Waals surface area contributed by atoms with Crippen molar-refractivity contribution >= 4 is 39.7 Å². The highest BCUT2D eigenvalue weighted by atomic mass is 79.9. The number of rotatable bonds is 2. The van der Waals surface area contributed by atoms with Gasteiger partial charge in [-0.05, 0) is 58.5 Å². The van der Waals surface area contributed by atoms with Crippen LogP contribution in [0, 0.1) is 4.77 Å². The minimum atomic E-state index is 0.509. The molecule has 1 N–H and O–H groups in total. The van der Waals surface area contributed by atoms with Crippen molar-refractivity contribution in [1.82, 2.24) is 19.7 Å². The Hall–Kier alpha value is -1.50. The summed E-state index contributed by atoms with van der Waals surface area (Å²) in [5.74, 6) is 0.718. The molecule has 3 aromatic rings. The topological polar surface area (TPSA) is 46.5 Å². The fraction of sp³-hybridized carbons (Fsp3) is 0. The lowest BCUT2D eigenvalue weighted by molar-refractivity contribution is 1.03. The van der Waals surface area contributed by atoms with Crippen LogP contribution in [0.15, 0.2) is 47.2 Å². The van der Waals surface area contributed by atoms with Crippen LogP contribution in [-0.4, -0.2) is 19.7 Å². The first-order valence-electron chi connectivity index (χ1n) is 5.70. The van der Waals surface area contributed by atoms with Crippen molar-refractivity contribution in [3.63, 3.8) is 0 Å². The van der Waals surface area contributed by atoms with Gasteiger partial charge in [-0.2, -0.15) is 5.10 Å². The third-order valence-electron chi connectivity index (χ3n) is 2.77. The molecule has 0 aliphatic carbocycles. The van der Waals surface area contributed by atoms with Crippen LogP contribution in [-0.2, 0) is 0 Å². The summed E-state index contributed by atoms with van der Waals surface area (Å²) in [5.41, 5.74) is 1.77. The van der Waals surface area contributed by atoms with Crippen molar-refractivity contribution in [1.29, 1.82) is 0 Å². The number of nitrogens with one attached hydrogen (secondary N) is 1. The fourth-order valence-corrected chi connectivity index (χ4v) is 2.51. The van der Waals surface area contributed by atoms with Gasteiger partial charge in [0.25, 0.3) is 0 Å². The highest BCUT2D eigenvalue weighted by Gasteiger charge is 2.11. The summed E-state index contributed by atoms with van der Waals surface area (Å²) in [6, 6.07) is 9.39. The average Bonchev–Trinajstić information content (AvgIpc) is 2.85. The van der Waals surface area contributed by atoms with Crippen LogP contribution in [0.5, 0.6) is 0 Å². The maximum atomic E-state index is 6.15. The summed E-state index contributed by atoms with van der Waals surface area (Å²) >= 11 is 14.8.